The third-order valence-corrected chi connectivity index (χ3v) is 4.59. The molecular weight excluding hydrogens is 344 g/mol. The summed E-state index contributed by atoms with van der Waals surface area (Å²) in [7, 11) is 1.94. The first-order valence-corrected chi connectivity index (χ1v) is 8.61. The predicted molar refractivity (Wildman–Crippen MR) is 98.6 cm³/mol. The molecule has 2 aromatic carbocycles. The van der Waals surface area contributed by atoms with Crippen molar-refractivity contribution in [3.8, 4) is 0 Å². The Morgan fingerprint density at radius 1 is 1.33 bits per heavy atom. The maximum Gasteiger partial charge on any atom is 0.250 e. The molecule has 122 valence electrons. The van der Waals surface area contributed by atoms with Crippen molar-refractivity contribution in [2.24, 2.45) is 12.1 Å². The number of thioether (sulfide) groups is 1. The lowest BCUT2D eigenvalue weighted by atomic mass is 10.2. The van der Waals surface area contributed by atoms with Crippen LogP contribution in [0.15, 0.2) is 58.8 Å². The fourth-order valence-corrected chi connectivity index (χ4v) is 3.16. The molecule has 0 radical (unpaired) electrons. The molecule has 3 aromatic rings. The van der Waals surface area contributed by atoms with E-state index in [1.54, 1.807) is 18.3 Å². The van der Waals surface area contributed by atoms with Crippen molar-refractivity contribution in [1.29, 1.82) is 0 Å². The minimum Gasteiger partial charge on any atom is -0.322 e. The van der Waals surface area contributed by atoms with Crippen LogP contribution < -0.4 is 5.43 Å². The number of aryl methyl sites for hydroxylation is 1. The van der Waals surface area contributed by atoms with E-state index in [1.807, 2.05) is 48.0 Å². The number of aromatic nitrogens is 2. The van der Waals surface area contributed by atoms with Crippen LogP contribution in [0.5, 0.6) is 0 Å². The summed E-state index contributed by atoms with van der Waals surface area (Å²) >= 11 is 7.26. The number of benzene rings is 2. The molecule has 0 aliphatic carbocycles. The van der Waals surface area contributed by atoms with Gasteiger partial charge in [0.25, 0.3) is 5.91 Å². The standard InChI is InChI=1S/C17H15ClN4OS/c1-22-15-8-3-2-7-14(15)20-17(22)24-11-16(23)21-19-10-12-5-4-6-13(18)9-12/h2-10H,11H2,1H3,(H,21,23)/b19-10-. The maximum atomic E-state index is 11.9. The summed E-state index contributed by atoms with van der Waals surface area (Å²) in [5, 5.41) is 5.36. The Morgan fingerprint density at radius 2 is 2.17 bits per heavy atom. The summed E-state index contributed by atoms with van der Waals surface area (Å²) in [5.74, 6) is 0.0506. The maximum absolute atomic E-state index is 11.9. The first-order valence-electron chi connectivity index (χ1n) is 7.25. The van der Waals surface area contributed by atoms with Crippen LogP contribution in [0, 0.1) is 0 Å². The van der Waals surface area contributed by atoms with Gasteiger partial charge in [-0.3, -0.25) is 4.79 Å². The molecule has 1 aromatic heterocycles. The van der Waals surface area contributed by atoms with Crippen LogP contribution in [-0.2, 0) is 11.8 Å². The first-order chi connectivity index (χ1) is 11.6. The highest BCUT2D eigenvalue weighted by atomic mass is 35.5. The average molecular weight is 359 g/mol. The predicted octanol–water partition coefficient (Wildman–Crippen LogP) is 3.47. The number of halogens is 1. The zero-order chi connectivity index (χ0) is 16.9. The largest absolute Gasteiger partial charge is 0.322 e. The number of hydrogen-bond donors (Lipinski definition) is 1. The van der Waals surface area contributed by atoms with Gasteiger partial charge in [0.15, 0.2) is 5.16 Å². The number of nitrogens with one attached hydrogen (secondary N) is 1. The van der Waals surface area contributed by atoms with E-state index in [4.69, 9.17) is 11.6 Å². The average Bonchev–Trinajstić information content (AvgIpc) is 2.90. The quantitative estimate of drug-likeness (QED) is 0.431. The van der Waals surface area contributed by atoms with E-state index in [1.165, 1.54) is 11.8 Å². The number of amides is 1. The van der Waals surface area contributed by atoms with Gasteiger partial charge in [0.1, 0.15) is 0 Å². The molecule has 0 aliphatic heterocycles. The highest BCUT2D eigenvalue weighted by Gasteiger charge is 2.09. The molecule has 1 heterocycles. The molecule has 0 spiro atoms. The van der Waals surface area contributed by atoms with Crippen LogP contribution in [0.3, 0.4) is 0 Å². The van der Waals surface area contributed by atoms with E-state index in [-0.39, 0.29) is 11.7 Å². The van der Waals surface area contributed by atoms with Gasteiger partial charge in [0.2, 0.25) is 0 Å². The smallest absolute Gasteiger partial charge is 0.250 e. The van der Waals surface area contributed by atoms with Crippen molar-refractivity contribution < 1.29 is 4.79 Å². The van der Waals surface area contributed by atoms with Crippen molar-refractivity contribution in [3.63, 3.8) is 0 Å². The van der Waals surface area contributed by atoms with Crippen LogP contribution in [0.1, 0.15) is 5.56 Å². The minimum atomic E-state index is -0.190. The summed E-state index contributed by atoms with van der Waals surface area (Å²) in [5.41, 5.74) is 5.29. The molecule has 1 amide bonds. The van der Waals surface area contributed by atoms with Gasteiger partial charge in [0.05, 0.1) is 23.0 Å². The molecule has 7 heteroatoms. The lowest BCUT2D eigenvalue weighted by molar-refractivity contribution is -0.118. The third kappa shape index (κ3) is 3.96. The molecular formula is C17H15ClN4OS. The first kappa shape index (κ1) is 16.5. The van der Waals surface area contributed by atoms with E-state index >= 15 is 0 Å². The number of imidazole rings is 1. The Labute approximate surface area is 148 Å². The van der Waals surface area contributed by atoms with Gasteiger partial charge in [-0.25, -0.2) is 10.4 Å². The minimum absolute atomic E-state index is 0.190. The van der Waals surface area contributed by atoms with Crippen LogP contribution in [-0.4, -0.2) is 27.4 Å². The lowest BCUT2D eigenvalue weighted by Crippen LogP contribution is -2.19. The number of rotatable bonds is 5. The van der Waals surface area contributed by atoms with Crippen LogP contribution in [0.25, 0.3) is 11.0 Å². The van der Waals surface area contributed by atoms with E-state index < -0.39 is 0 Å². The van der Waals surface area contributed by atoms with E-state index in [9.17, 15) is 4.79 Å². The van der Waals surface area contributed by atoms with Crippen molar-refractivity contribution in [2.45, 2.75) is 5.16 Å². The van der Waals surface area contributed by atoms with Gasteiger partial charge < -0.3 is 4.57 Å². The number of fused-ring (bicyclic) bond motifs is 1. The van der Waals surface area contributed by atoms with Crippen molar-refractivity contribution >= 4 is 46.5 Å². The number of carbonyl (C=O) groups is 1. The summed E-state index contributed by atoms with van der Waals surface area (Å²) in [4.78, 5) is 16.4. The molecule has 0 unspecified atom stereocenters. The Kier molecular flexibility index (Phi) is 5.17. The van der Waals surface area contributed by atoms with Crippen LogP contribution in [0.2, 0.25) is 5.02 Å². The number of hydrogen-bond acceptors (Lipinski definition) is 4. The molecule has 3 rings (SSSR count). The normalized spacial score (nSPS) is 11.2. The van der Waals surface area contributed by atoms with Crippen molar-refractivity contribution in [1.82, 2.24) is 15.0 Å². The third-order valence-electron chi connectivity index (χ3n) is 3.33. The molecule has 0 atom stereocenters. The molecule has 24 heavy (non-hydrogen) atoms. The second kappa shape index (κ2) is 7.51. The fraction of sp³-hybridized carbons (Fsp3) is 0.118. The second-order valence-corrected chi connectivity index (χ2v) is 6.46. The number of nitrogens with zero attached hydrogens (tertiary/aromatic N) is 3. The van der Waals surface area contributed by atoms with Gasteiger partial charge in [-0.05, 0) is 29.8 Å². The van der Waals surface area contributed by atoms with Crippen LogP contribution >= 0.6 is 23.4 Å². The van der Waals surface area contributed by atoms with E-state index in [0.29, 0.717) is 5.02 Å². The summed E-state index contributed by atoms with van der Waals surface area (Å²) in [6, 6.07) is 15.1. The lowest BCUT2D eigenvalue weighted by Gasteiger charge is -2.01. The Hall–Kier alpha value is -2.31. The van der Waals surface area contributed by atoms with Crippen LogP contribution in [0.4, 0.5) is 0 Å². The summed E-state index contributed by atoms with van der Waals surface area (Å²) in [6.07, 6.45) is 1.56. The zero-order valence-electron chi connectivity index (χ0n) is 12.9. The highest BCUT2D eigenvalue weighted by Crippen LogP contribution is 2.22. The van der Waals surface area contributed by atoms with Gasteiger partial charge in [0, 0.05) is 12.1 Å². The van der Waals surface area contributed by atoms with Crippen molar-refractivity contribution in [3.05, 3.63) is 59.1 Å². The Bertz CT molecular complexity index is 906. The van der Waals surface area contributed by atoms with Crippen molar-refractivity contribution in [2.75, 3.05) is 5.75 Å². The number of hydrazone groups is 1. The summed E-state index contributed by atoms with van der Waals surface area (Å²) < 4.78 is 1.97. The molecule has 0 saturated heterocycles. The monoisotopic (exact) mass is 358 g/mol. The SMILES string of the molecule is Cn1c(SCC(=O)N/N=C\c2cccc(Cl)c2)nc2ccccc21. The van der Waals surface area contributed by atoms with E-state index in [0.717, 1.165) is 21.8 Å². The second-order valence-electron chi connectivity index (χ2n) is 5.08. The van der Waals surface area contributed by atoms with Gasteiger partial charge >= 0.3 is 0 Å². The molecule has 5 nitrogen and oxygen atoms in total. The molecule has 0 saturated carbocycles. The Morgan fingerprint density at radius 3 is 2.96 bits per heavy atom. The number of para-hydroxylation sites is 2. The highest BCUT2D eigenvalue weighted by molar-refractivity contribution is 7.99. The van der Waals surface area contributed by atoms with Gasteiger partial charge in [-0.15, -0.1) is 0 Å². The van der Waals surface area contributed by atoms with Gasteiger partial charge in [-0.2, -0.15) is 5.10 Å². The molecule has 0 aliphatic rings. The van der Waals surface area contributed by atoms with E-state index in [2.05, 4.69) is 15.5 Å². The zero-order valence-corrected chi connectivity index (χ0v) is 14.5. The topological polar surface area (TPSA) is 59.3 Å². The summed E-state index contributed by atoms with van der Waals surface area (Å²) in [6.45, 7) is 0. The molecule has 0 fully saturated rings. The fourth-order valence-electron chi connectivity index (χ4n) is 2.18. The molecule has 0 bridgehead atoms. The number of carbonyl (C=O) groups excluding carboxylic acids is 1. The Balaban J connectivity index is 1.56. The molecule has 1 N–H and O–H groups in total. The van der Waals surface area contributed by atoms with Gasteiger partial charge in [-0.1, -0.05) is 47.6 Å².